The van der Waals surface area contributed by atoms with Gasteiger partial charge in [-0.25, -0.2) is 0 Å². The minimum atomic E-state index is 0.624. The highest BCUT2D eigenvalue weighted by molar-refractivity contribution is 5.37. The van der Waals surface area contributed by atoms with Crippen molar-refractivity contribution in [1.82, 2.24) is 0 Å². The van der Waals surface area contributed by atoms with E-state index < -0.39 is 0 Å². The van der Waals surface area contributed by atoms with Gasteiger partial charge in [0, 0.05) is 18.5 Å². The summed E-state index contributed by atoms with van der Waals surface area (Å²) in [6, 6.07) is 18.9. The zero-order valence-electron chi connectivity index (χ0n) is 10.4. The van der Waals surface area contributed by atoms with Crippen LogP contribution in [0.2, 0.25) is 0 Å². The van der Waals surface area contributed by atoms with Gasteiger partial charge in [0.05, 0.1) is 0 Å². The Labute approximate surface area is 109 Å². The van der Waals surface area contributed by atoms with Crippen molar-refractivity contribution in [3.8, 4) is 11.8 Å². The van der Waals surface area contributed by atoms with E-state index in [1.165, 1.54) is 11.1 Å². The van der Waals surface area contributed by atoms with Gasteiger partial charge in [0.15, 0.2) is 0 Å². The number of hydrogen-bond acceptors (Lipinski definition) is 1. The molecule has 0 aliphatic heterocycles. The normalized spacial score (nSPS) is 9.61. The maximum Gasteiger partial charge on any atom is 0.0245 e. The van der Waals surface area contributed by atoms with Crippen LogP contribution < -0.4 is 5.73 Å². The topological polar surface area (TPSA) is 26.0 Å². The third kappa shape index (κ3) is 3.76. The Morgan fingerprint density at radius 3 is 2.17 bits per heavy atom. The molecule has 2 aromatic rings. The maximum atomic E-state index is 5.40. The summed E-state index contributed by atoms with van der Waals surface area (Å²) < 4.78 is 0. The lowest BCUT2D eigenvalue weighted by molar-refractivity contribution is 1.03. The van der Waals surface area contributed by atoms with Gasteiger partial charge in [-0.1, -0.05) is 54.3 Å². The lowest BCUT2D eigenvalue weighted by Crippen LogP contribution is -1.95. The first kappa shape index (κ1) is 12.4. The third-order valence-corrected chi connectivity index (χ3v) is 2.71. The smallest absolute Gasteiger partial charge is 0.0245 e. The minimum absolute atomic E-state index is 0.624. The summed E-state index contributed by atoms with van der Waals surface area (Å²) in [5, 5.41) is 0. The number of benzene rings is 2. The average Bonchev–Trinajstić information content (AvgIpc) is 2.42. The van der Waals surface area contributed by atoms with Crippen LogP contribution in [0.3, 0.4) is 0 Å². The van der Waals surface area contributed by atoms with Crippen LogP contribution in [0.4, 0.5) is 0 Å². The van der Waals surface area contributed by atoms with Crippen LogP contribution in [-0.2, 0) is 6.42 Å². The van der Waals surface area contributed by atoms with E-state index in [0.29, 0.717) is 6.54 Å². The first-order chi connectivity index (χ1) is 8.88. The second-order valence-electron chi connectivity index (χ2n) is 4.20. The molecule has 90 valence electrons. The fourth-order valence-electron chi connectivity index (χ4n) is 1.77. The molecule has 2 aromatic carbocycles. The molecule has 2 N–H and O–H groups in total. The van der Waals surface area contributed by atoms with Crippen molar-refractivity contribution in [3.05, 3.63) is 71.3 Å². The molecule has 0 heterocycles. The van der Waals surface area contributed by atoms with Crippen molar-refractivity contribution < 1.29 is 0 Å². The van der Waals surface area contributed by atoms with E-state index in [-0.39, 0.29) is 0 Å². The Morgan fingerprint density at radius 2 is 1.50 bits per heavy atom. The van der Waals surface area contributed by atoms with Crippen LogP contribution in [0.25, 0.3) is 0 Å². The van der Waals surface area contributed by atoms with Gasteiger partial charge in [-0.3, -0.25) is 0 Å². The fourth-order valence-corrected chi connectivity index (χ4v) is 1.77. The molecule has 1 heteroatoms. The predicted molar refractivity (Wildman–Crippen MR) is 76.2 cm³/mol. The molecular weight excluding hydrogens is 218 g/mol. The molecule has 0 spiro atoms. The van der Waals surface area contributed by atoms with Crippen LogP contribution in [0.15, 0.2) is 54.6 Å². The molecule has 0 fully saturated rings. The van der Waals surface area contributed by atoms with Crippen molar-refractivity contribution >= 4 is 0 Å². The Balaban J connectivity index is 2.02. The Kier molecular flexibility index (Phi) is 4.58. The number of hydrogen-bond donors (Lipinski definition) is 1. The molecule has 0 radical (unpaired) electrons. The standard InChI is InChI=1S/C17H17N/c18-13-5-4-6-15-9-11-17(12-10-15)14-16-7-2-1-3-8-16/h1-3,7-12H,5,13-14,18H2. The third-order valence-electron chi connectivity index (χ3n) is 2.71. The molecule has 0 saturated carbocycles. The zero-order valence-corrected chi connectivity index (χ0v) is 10.4. The van der Waals surface area contributed by atoms with Crippen molar-refractivity contribution in [3.63, 3.8) is 0 Å². The molecule has 0 aliphatic carbocycles. The Hall–Kier alpha value is -2.04. The monoisotopic (exact) mass is 235 g/mol. The highest BCUT2D eigenvalue weighted by Gasteiger charge is 1.95. The second-order valence-corrected chi connectivity index (χ2v) is 4.20. The molecule has 0 unspecified atom stereocenters. The van der Waals surface area contributed by atoms with Crippen molar-refractivity contribution in [1.29, 1.82) is 0 Å². The number of nitrogens with two attached hydrogens (primary N) is 1. The van der Waals surface area contributed by atoms with Gasteiger partial charge < -0.3 is 5.73 Å². The average molecular weight is 235 g/mol. The van der Waals surface area contributed by atoms with Gasteiger partial charge in [-0.2, -0.15) is 0 Å². The van der Waals surface area contributed by atoms with Crippen molar-refractivity contribution in [2.24, 2.45) is 5.73 Å². The molecule has 0 bridgehead atoms. The summed E-state index contributed by atoms with van der Waals surface area (Å²) in [7, 11) is 0. The van der Waals surface area contributed by atoms with Crippen molar-refractivity contribution in [2.75, 3.05) is 6.54 Å². The van der Waals surface area contributed by atoms with Crippen LogP contribution in [0.5, 0.6) is 0 Å². The molecule has 1 nitrogen and oxygen atoms in total. The van der Waals surface area contributed by atoms with Crippen LogP contribution in [0.1, 0.15) is 23.1 Å². The Bertz CT molecular complexity index is 529. The van der Waals surface area contributed by atoms with Crippen LogP contribution in [0, 0.1) is 11.8 Å². The molecule has 0 amide bonds. The maximum absolute atomic E-state index is 5.40. The SMILES string of the molecule is NCCC#Cc1ccc(Cc2ccccc2)cc1. The van der Waals surface area contributed by atoms with E-state index in [4.69, 9.17) is 5.73 Å². The molecule has 2 rings (SSSR count). The fraction of sp³-hybridized carbons (Fsp3) is 0.176. The summed E-state index contributed by atoms with van der Waals surface area (Å²) in [6.07, 6.45) is 1.73. The summed E-state index contributed by atoms with van der Waals surface area (Å²) in [4.78, 5) is 0. The Morgan fingerprint density at radius 1 is 0.833 bits per heavy atom. The van der Waals surface area contributed by atoms with Gasteiger partial charge in [-0.05, 0) is 29.7 Å². The van der Waals surface area contributed by atoms with E-state index in [0.717, 1.165) is 18.4 Å². The van der Waals surface area contributed by atoms with Gasteiger partial charge >= 0.3 is 0 Å². The lowest BCUT2D eigenvalue weighted by Gasteiger charge is -2.01. The summed E-state index contributed by atoms with van der Waals surface area (Å²) in [5.74, 6) is 6.15. The molecular formula is C17H17N. The molecule has 18 heavy (non-hydrogen) atoms. The highest BCUT2D eigenvalue weighted by atomic mass is 14.5. The second kappa shape index (κ2) is 6.64. The van der Waals surface area contributed by atoms with E-state index in [9.17, 15) is 0 Å². The summed E-state index contributed by atoms with van der Waals surface area (Å²) in [5.41, 5.74) is 9.10. The first-order valence-corrected chi connectivity index (χ1v) is 6.20. The van der Waals surface area contributed by atoms with Crippen LogP contribution in [-0.4, -0.2) is 6.54 Å². The summed E-state index contributed by atoms with van der Waals surface area (Å²) in [6.45, 7) is 0.624. The summed E-state index contributed by atoms with van der Waals surface area (Å²) >= 11 is 0. The predicted octanol–water partition coefficient (Wildman–Crippen LogP) is 2.98. The molecule has 0 atom stereocenters. The largest absolute Gasteiger partial charge is 0.330 e. The quantitative estimate of drug-likeness (QED) is 0.813. The lowest BCUT2D eigenvalue weighted by atomic mass is 10.0. The van der Waals surface area contributed by atoms with E-state index in [1.807, 2.05) is 6.07 Å². The number of rotatable bonds is 3. The minimum Gasteiger partial charge on any atom is -0.330 e. The zero-order chi connectivity index (χ0) is 12.6. The van der Waals surface area contributed by atoms with Crippen molar-refractivity contribution in [2.45, 2.75) is 12.8 Å². The van der Waals surface area contributed by atoms with E-state index >= 15 is 0 Å². The van der Waals surface area contributed by atoms with E-state index in [2.05, 4.69) is 60.4 Å². The van der Waals surface area contributed by atoms with E-state index in [1.54, 1.807) is 0 Å². The molecule has 0 aliphatic rings. The van der Waals surface area contributed by atoms with Gasteiger partial charge in [0.25, 0.3) is 0 Å². The van der Waals surface area contributed by atoms with Crippen LogP contribution >= 0.6 is 0 Å². The molecule has 0 aromatic heterocycles. The van der Waals surface area contributed by atoms with Gasteiger partial charge in [-0.15, -0.1) is 0 Å². The first-order valence-electron chi connectivity index (χ1n) is 6.20. The van der Waals surface area contributed by atoms with Gasteiger partial charge in [0.1, 0.15) is 0 Å². The molecule has 0 saturated heterocycles. The van der Waals surface area contributed by atoms with Gasteiger partial charge in [0.2, 0.25) is 0 Å². The highest BCUT2D eigenvalue weighted by Crippen LogP contribution is 2.10.